The number of nitrogens with zero attached hydrogens (tertiary/aromatic N) is 3. The van der Waals surface area contributed by atoms with Gasteiger partial charge in [0.1, 0.15) is 0 Å². The molecule has 1 aliphatic rings. The van der Waals surface area contributed by atoms with Crippen molar-refractivity contribution in [2.75, 3.05) is 6.54 Å². The molecule has 122 valence electrons. The van der Waals surface area contributed by atoms with Crippen molar-refractivity contribution in [2.45, 2.75) is 25.4 Å². The zero-order valence-corrected chi connectivity index (χ0v) is 13.2. The number of nitrogens with one attached hydrogen (secondary N) is 1. The molecule has 0 radical (unpaired) electrons. The second-order valence-electron chi connectivity index (χ2n) is 6.12. The zero-order valence-electron chi connectivity index (χ0n) is 13.2. The Hall–Kier alpha value is -2.89. The van der Waals surface area contributed by atoms with Gasteiger partial charge in [-0.3, -0.25) is 14.3 Å². The Balaban J connectivity index is 1.69. The van der Waals surface area contributed by atoms with Crippen LogP contribution in [0.25, 0.3) is 10.9 Å². The van der Waals surface area contributed by atoms with Crippen molar-refractivity contribution in [1.82, 2.24) is 19.7 Å². The summed E-state index contributed by atoms with van der Waals surface area (Å²) in [5, 5.41) is 5.02. The van der Waals surface area contributed by atoms with Gasteiger partial charge in [-0.25, -0.2) is 0 Å². The molecule has 1 amide bonds. The maximum absolute atomic E-state index is 13.1. The summed E-state index contributed by atoms with van der Waals surface area (Å²) in [6.07, 6.45) is 5.57. The SMILES string of the molecule is O=C(c1cc(=O)[nH]c2ccccc12)N1CCCC1Cn1cccn1. The van der Waals surface area contributed by atoms with Gasteiger partial charge in [-0.15, -0.1) is 0 Å². The summed E-state index contributed by atoms with van der Waals surface area (Å²) in [6.45, 7) is 1.39. The highest BCUT2D eigenvalue weighted by Gasteiger charge is 2.30. The van der Waals surface area contributed by atoms with Crippen molar-refractivity contribution in [3.63, 3.8) is 0 Å². The maximum atomic E-state index is 13.1. The van der Waals surface area contributed by atoms with E-state index >= 15 is 0 Å². The number of carbonyl (C=O) groups excluding carboxylic acids is 1. The molecular formula is C18H18N4O2. The Bertz CT molecular complexity index is 930. The smallest absolute Gasteiger partial charge is 0.255 e. The molecule has 3 aromatic rings. The average molecular weight is 322 g/mol. The van der Waals surface area contributed by atoms with Crippen LogP contribution in [0.4, 0.5) is 0 Å². The standard InChI is InChI=1S/C18H18N4O2/c23-17-11-15(14-6-1-2-7-16(14)20-17)18(24)22-10-3-5-13(22)12-21-9-4-8-19-21/h1-2,4,6-9,11,13H,3,5,10,12H2,(H,20,23). The van der Waals surface area contributed by atoms with Gasteiger partial charge in [0, 0.05) is 35.9 Å². The summed E-state index contributed by atoms with van der Waals surface area (Å²) >= 11 is 0. The number of rotatable bonds is 3. The number of fused-ring (bicyclic) bond motifs is 1. The molecular weight excluding hydrogens is 304 g/mol. The highest BCUT2D eigenvalue weighted by atomic mass is 16.2. The Kier molecular flexibility index (Phi) is 3.65. The van der Waals surface area contributed by atoms with E-state index in [1.54, 1.807) is 6.20 Å². The molecule has 3 heterocycles. The largest absolute Gasteiger partial charge is 0.334 e. The summed E-state index contributed by atoms with van der Waals surface area (Å²) < 4.78 is 1.85. The van der Waals surface area contributed by atoms with Crippen molar-refractivity contribution in [2.24, 2.45) is 0 Å². The maximum Gasteiger partial charge on any atom is 0.255 e. The summed E-state index contributed by atoms with van der Waals surface area (Å²) in [4.78, 5) is 29.7. The molecule has 1 saturated heterocycles. The van der Waals surface area contributed by atoms with Crippen molar-refractivity contribution < 1.29 is 4.79 Å². The summed E-state index contributed by atoms with van der Waals surface area (Å²) in [5.74, 6) is -0.0769. The lowest BCUT2D eigenvalue weighted by Crippen LogP contribution is -2.38. The monoisotopic (exact) mass is 322 g/mol. The van der Waals surface area contributed by atoms with Crippen LogP contribution in [-0.2, 0) is 6.54 Å². The number of H-pyrrole nitrogens is 1. The summed E-state index contributed by atoms with van der Waals surface area (Å²) in [7, 11) is 0. The molecule has 0 bridgehead atoms. The lowest BCUT2D eigenvalue weighted by molar-refractivity contribution is 0.0723. The molecule has 1 atom stereocenters. The van der Waals surface area contributed by atoms with Gasteiger partial charge in [-0.1, -0.05) is 18.2 Å². The number of carbonyl (C=O) groups is 1. The van der Waals surface area contributed by atoms with Gasteiger partial charge < -0.3 is 9.88 Å². The van der Waals surface area contributed by atoms with Crippen LogP contribution >= 0.6 is 0 Å². The van der Waals surface area contributed by atoms with Crippen LogP contribution in [-0.4, -0.2) is 38.2 Å². The first-order valence-electron chi connectivity index (χ1n) is 8.13. The highest BCUT2D eigenvalue weighted by Crippen LogP contribution is 2.24. The molecule has 24 heavy (non-hydrogen) atoms. The highest BCUT2D eigenvalue weighted by molar-refractivity contribution is 6.06. The number of para-hydroxylation sites is 1. The number of amides is 1. The van der Waals surface area contributed by atoms with E-state index in [0.717, 1.165) is 18.2 Å². The third-order valence-electron chi connectivity index (χ3n) is 4.58. The van der Waals surface area contributed by atoms with Crippen LogP contribution in [0.2, 0.25) is 0 Å². The molecule has 2 aromatic heterocycles. The predicted octanol–water partition coefficient (Wildman–Crippen LogP) is 2.03. The minimum Gasteiger partial charge on any atom is -0.334 e. The topological polar surface area (TPSA) is 71.0 Å². The summed E-state index contributed by atoms with van der Waals surface area (Å²) in [6, 6.07) is 10.8. The van der Waals surface area contributed by atoms with Gasteiger partial charge in [0.2, 0.25) is 5.56 Å². The predicted molar refractivity (Wildman–Crippen MR) is 90.9 cm³/mol. The van der Waals surface area contributed by atoms with Crippen molar-refractivity contribution in [3.8, 4) is 0 Å². The number of hydrogen-bond acceptors (Lipinski definition) is 3. The van der Waals surface area contributed by atoms with Gasteiger partial charge in [-0.05, 0) is 25.0 Å². The van der Waals surface area contributed by atoms with Crippen molar-refractivity contribution >= 4 is 16.8 Å². The number of hydrogen-bond donors (Lipinski definition) is 1. The van der Waals surface area contributed by atoms with Crippen LogP contribution in [0.15, 0.2) is 53.6 Å². The van der Waals surface area contributed by atoms with Crippen LogP contribution in [0.3, 0.4) is 0 Å². The first kappa shape index (κ1) is 14.7. The van der Waals surface area contributed by atoms with Crippen molar-refractivity contribution in [1.29, 1.82) is 0 Å². The normalized spacial score (nSPS) is 17.5. The molecule has 6 heteroatoms. The first-order chi connectivity index (χ1) is 11.7. The van der Waals surface area contributed by atoms with Gasteiger partial charge in [-0.2, -0.15) is 5.10 Å². The number of aromatic nitrogens is 3. The quantitative estimate of drug-likeness (QED) is 0.802. The lowest BCUT2D eigenvalue weighted by Gasteiger charge is -2.25. The molecule has 1 unspecified atom stereocenters. The Morgan fingerprint density at radius 1 is 1.29 bits per heavy atom. The molecule has 6 nitrogen and oxygen atoms in total. The second kappa shape index (κ2) is 5.96. The fourth-order valence-corrected chi connectivity index (χ4v) is 3.45. The van der Waals surface area contributed by atoms with E-state index in [-0.39, 0.29) is 17.5 Å². The minimum absolute atomic E-state index is 0.0769. The molecule has 1 N–H and O–H groups in total. The van der Waals surface area contributed by atoms with Gasteiger partial charge in [0.05, 0.1) is 18.2 Å². The van der Waals surface area contributed by atoms with E-state index in [1.165, 1.54) is 6.07 Å². The molecule has 0 spiro atoms. The molecule has 1 fully saturated rings. The fourth-order valence-electron chi connectivity index (χ4n) is 3.45. The summed E-state index contributed by atoms with van der Waals surface area (Å²) in [5.41, 5.74) is 0.915. The van der Waals surface area contributed by atoms with E-state index in [9.17, 15) is 9.59 Å². The van der Waals surface area contributed by atoms with E-state index < -0.39 is 0 Å². The van der Waals surface area contributed by atoms with Gasteiger partial charge in [0.15, 0.2) is 0 Å². The number of benzene rings is 1. The average Bonchev–Trinajstić information content (AvgIpc) is 3.26. The van der Waals surface area contributed by atoms with Gasteiger partial charge in [0.25, 0.3) is 5.91 Å². The van der Waals surface area contributed by atoms with Crippen LogP contribution < -0.4 is 5.56 Å². The van der Waals surface area contributed by atoms with E-state index in [0.29, 0.717) is 24.2 Å². The third kappa shape index (κ3) is 2.60. The molecule has 4 rings (SSSR count). The van der Waals surface area contributed by atoms with E-state index in [4.69, 9.17) is 0 Å². The number of likely N-dealkylation sites (tertiary alicyclic amines) is 1. The van der Waals surface area contributed by atoms with Crippen LogP contribution in [0.5, 0.6) is 0 Å². The van der Waals surface area contributed by atoms with Crippen LogP contribution in [0.1, 0.15) is 23.2 Å². The molecule has 1 aliphatic heterocycles. The molecule has 1 aromatic carbocycles. The third-order valence-corrected chi connectivity index (χ3v) is 4.58. The van der Waals surface area contributed by atoms with E-state index in [1.807, 2.05) is 46.1 Å². The Labute approximate surface area is 138 Å². The number of pyridine rings is 1. The van der Waals surface area contributed by atoms with Crippen molar-refractivity contribution in [3.05, 3.63) is 64.7 Å². The molecule has 0 aliphatic carbocycles. The number of aromatic amines is 1. The Morgan fingerprint density at radius 3 is 3.00 bits per heavy atom. The second-order valence-corrected chi connectivity index (χ2v) is 6.12. The lowest BCUT2D eigenvalue weighted by atomic mass is 10.1. The fraction of sp³-hybridized carbons (Fsp3) is 0.278. The van der Waals surface area contributed by atoms with Gasteiger partial charge >= 0.3 is 0 Å². The molecule has 0 saturated carbocycles. The first-order valence-corrected chi connectivity index (χ1v) is 8.13. The van der Waals surface area contributed by atoms with Crippen LogP contribution in [0, 0.1) is 0 Å². The zero-order chi connectivity index (χ0) is 16.5. The minimum atomic E-state index is -0.250. The Morgan fingerprint density at radius 2 is 2.17 bits per heavy atom. The van der Waals surface area contributed by atoms with E-state index in [2.05, 4.69) is 10.1 Å².